The van der Waals surface area contributed by atoms with Crippen molar-refractivity contribution in [1.29, 1.82) is 0 Å². The highest BCUT2D eigenvalue weighted by molar-refractivity contribution is 5.87. The minimum absolute atomic E-state index is 0.250. The van der Waals surface area contributed by atoms with Crippen molar-refractivity contribution in [3.05, 3.63) is 199 Å². The van der Waals surface area contributed by atoms with E-state index in [0.29, 0.717) is 11.5 Å². The molecule has 0 saturated heterocycles. The lowest BCUT2D eigenvalue weighted by atomic mass is 9.99. The van der Waals surface area contributed by atoms with Crippen LogP contribution in [0.25, 0.3) is 21.9 Å². The molecule has 6 aromatic carbocycles. The summed E-state index contributed by atoms with van der Waals surface area (Å²) < 4.78 is 12.6. The third-order valence-electron chi connectivity index (χ3n) is 8.20. The molecule has 3 heteroatoms. The van der Waals surface area contributed by atoms with E-state index < -0.39 is 0 Å². The average Bonchev–Trinajstić information content (AvgIpc) is 3.37. The van der Waals surface area contributed by atoms with Gasteiger partial charge in [0.1, 0.15) is 0 Å². The Morgan fingerprint density at radius 3 is 2.00 bits per heavy atom. The van der Waals surface area contributed by atoms with Crippen molar-refractivity contribution in [2.24, 2.45) is 0 Å². The largest absolute Gasteiger partial charge is 0.449 e. The highest BCUT2D eigenvalue weighted by atomic mass is 16.6. The number of allylic oxidation sites excluding steroid dienone is 6. The maximum atomic E-state index is 6.33. The van der Waals surface area contributed by atoms with Crippen LogP contribution in [0.4, 0.5) is 5.69 Å². The summed E-state index contributed by atoms with van der Waals surface area (Å²) in [5.41, 5.74) is 6.80. The molecule has 1 aliphatic heterocycles. The maximum Gasteiger partial charge on any atom is 0.170 e. The van der Waals surface area contributed by atoms with Crippen LogP contribution in [-0.4, -0.2) is 0 Å². The van der Waals surface area contributed by atoms with Crippen LogP contribution < -0.4 is 14.8 Å². The normalized spacial score (nSPS) is 14.2. The van der Waals surface area contributed by atoms with Gasteiger partial charge in [-0.25, -0.2) is 0 Å². The van der Waals surface area contributed by atoms with Gasteiger partial charge >= 0.3 is 0 Å². The predicted octanol–water partition coefficient (Wildman–Crippen LogP) is 12.0. The second-order valence-electron chi connectivity index (χ2n) is 11.5. The van der Waals surface area contributed by atoms with Crippen molar-refractivity contribution in [1.82, 2.24) is 0 Å². The van der Waals surface area contributed by atoms with Crippen LogP contribution in [0.1, 0.15) is 17.0 Å². The summed E-state index contributed by atoms with van der Waals surface area (Å²) in [6.07, 6.45) is 13.7. The molecule has 0 spiro atoms. The minimum Gasteiger partial charge on any atom is -0.449 e. The smallest absolute Gasteiger partial charge is 0.170 e. The Hall–Kier alpha value is -6.06. The first-order valence-electron chi connectivity index (χ1n) is 15.9. The molecule has 228 valence electrons. The summed E-state index contributed by atoms with van der Waals surface area (Å²) in [6, 6.07) is 47.6. The molecule has 47 heavy (non-hydrogen) atoms. The molecular formula is C44H35NO2. The summed E-state index contributed by atoms with van der Waals surface area (Å²) in [5.74, 6) is 3.14. The third kappa shape index (κ3) is 6.95. The van der Waals surface area contributed by atoms with E-state index in [9.17, 15) is 0 Å². The van der Waals surface area contributed by atoms with E-state index in [-0.39, 0.29) is 5.92 Å². The molecule has 0 radical (unpaired) electrons. The number of benzene rings is 6. The van der Waals surface area contributed by atoms with E-state index in [4.69, 9.17) is 9.47 Å². The van der Waals surface area contributed by atoms with Crippen molar-refractivity contribution in [2.45, 2.75) is 12.3 Å². The molecule has 1 atom stereocenters. The van der Waals surface area contributed by atoms with Gasteiger partial charge in [-0.1, -0.05) is 133 Å². The summed E-state index contributed by atoms with van der Waals surface area (Å²) >= 11 is 0. The fourth-order valence-electron chi connectivity index (χ4n) is 5.80. The second kappa shape index (κ2) is 13.9. The Labute approximate surface area is 276 Å². The van der Waals surface area contributed by atoms with E-state index in [0.717, 1.165) is 51.2 Å². The quantitative estimate of drug-likeness (QED) is 0.190. The molecule has 1 unspecified atom stereocenters. The van der Waals surface area contributed by atoms with Crippen LogP contribution in [0.15, 0.2) is 188 Å². The van der Waals surface area contributed by atoms with Crippen molar-refractivity contribution < 1.29 is 9.47 Å². The molecule has 0 bridgehead atoms. The summed E-state index contributed by atoms with van der Waals surface area (Å²) in [6.45, 7) is 3.66. The van der Waals surface area contributed by atoms with E-state index in [1.165, 1.54) is 11.1 Å². The summed E-state index contributed by atoms with van der Waals surface area (Å²) in [5, 5.41) is 5.88. The first-order valence-corrected chi connectivity index (χ1v) is 15.9. The lowest BCUT2D eigenvalue weighted by Crippen LogP contribution is -2.01. The molecule has 0 amide bonds. The summed E-state index contributed by atoms with van der Waals surface area (Å²) in [4.78, 5) is 0. The highest BCUT2D eigenvalue weighted by Crippen LogP contribution is 2.48. The van der Waals surface area contributed by atoms with Crippen LogP contribution in [-0.2, 0) is 6.42 Å². The lowest BCUT2D eigenvalue weighted by molar-refractivity contribution is 0.360. The number of rotatable bonds is 6. The van der Waals surface area contributed by atoms with Crippen molar-refractivity contribution >= 4 is 16.5 Å². The zero-order chi connectivity index (χ0) is 31.8. The number of anilines is 1. The molecule has 1 aliphatic carbocycles. The minimum atomic E-state index is 0.250. The molecule has 0 saturated carbocycles. The highest BCUT2D eigenvalue weighted by Gasteiger charge is 2.21. The molecule has 2 aliphatic rings. The van der Waals surface area contributed by atoms with Crippen LogP contribution in [0.3, 0.4) is 0 Å². The maximum absolute atomic E-state index is 6.33. The van der Waals surface area contributed by atoms with Crippen molar-refractivity contribution in [2.75, 3.05) is 5.32 Å². The fourth-order valence-corrected chi connectivity index (χ4v) is 5.80. The van der Waals surface area contributed by atoms with Gasteiger partial charge in [-0.2, -0.15) is 0 Å². The molecule has 0 aromatic heterocycles. The lowest BCUT2D eigenvalue weighted by Gasteiger charge is -2.22. The van der Waals surface area contributed by atoms with E-state index in [1.54, 1.807) is 0 Å². The van der Waals surface area contributed by atoms with Crippen molar-refractivity contribution in [3.63, 3.8) is 0 Å². The first kappa shape index (κ1) is 29.6. The van der Waals surface area contributed by atoms with Gasteiger partial charge in [-0.15, -0.1) is 6.58 Å². The van der Waals surface area contributed by atoms with E-state index in [1.807, 2.05) is 54.6 Å². The third-order valence-corrected chi connectivity index (χ3v) is 8.20. The predicted molar refractivity (Wildman–Crippen MR) is 195 cm³/mol. The number of ether oxygens (including phenoxy) is 2. The van der Waals surface area contributed by atoms with E-state index >= 15 is 0 Å². The number of hydrogen-bond acceptors (Lipinski definition) is 3. The van der Waals surface area contributed by atoms with E-state index in [2.05, 4.69) is 133 Å². The van der Waals surface area contributed by atoms with Crippen molar-refractivity contribution in [3.8, 4) is 34.1 Å². The Morgan fingerprint density at radius 2 is 1.26 bits per heavy atom. The standard InChI is InChI=1S/C35H25NO2.C9H10/c1-2-9-24(10-3-1)25-13-8-14-29(19-17-25)36-31-16-7-6-15-30(31)28-18-20-32-33(23-28)38-35-22-27-12-5-4-11-26(27)21-34(35)37-32;1-2-6-9-7-4-3-5-8-9/h1-23,25,36H;2-5,7-8H,1,6H2. The van der Waals surface area contributed by atoms with Gasteiger partial charge in [0.2, 0.25) is 0 Å². The molecule has 3 nitrogen and oxygen atoms in total. The second-order valence-corrected chi connectivity index (χ2v) is 11.5. The van der Waals surface area contributed by atoms with Gasteiger partial charge in [-0.05, 0) is 76.4 Å². The molecule has 6 aromatic rings. The summed E-state index contributed by atoms with van der Waals surface area (Å²) in [7, 11) is 0. The molecule has 0 fully saturated rings. The van der Waals surface area contributed by atoms with Gasteiger partial charge in [0.15, 0.2) is 23.0 Å². The number of hydrogen-bond donors (Lipinski definition) is 1. The van der Waals surface area contributed by atoms with Crippen LogP contribution in [0, 0.1) is 0 Å². The Bertz CT molecular complexity index is 2110. The van der Waals surface area contributed by atoms with Crippen LogP contribution in [0.5, 0.6) is 23.0 Å². The van der Waals surface area contributed by atoms with Gasteiger partial charge in [0.25, 0.3) is 0 Å². The Kier molecular flexibility index (Phi) is 8.78. The van der Waals surface area contributed by atoms with Gasteiger partial charge in [-0.3, -0.25) is 0 Å². The van der Waals surface area contributed by atoms with Gasteiger partial charge < -0.3 is 14.8 Å². The number of fused-ring (bicyclic) bond motifs is 3. The molecule has 8 rings (SSSR count). The number of nitrogens with one attached hydrogen (secondary N) is 1. The zero-order valence-corrected chi connectivity index (χ0v) is 26.1. The van der Waals surface area contributed by atoms with Crippen LogP contribution >= 0.6 is 0 Å². The Balaban J connectivity index is 0.000000340. The monoisotopic (exact) mass is 609 g/mol. The average molecular weight is 610 g/mol. The fraction of sp³-hybridized carbons (Fsp3) is 0.0455. The SMILES string of the molecule is C1=CC(c2ccccc2)C=CC(Nc2ccccc2-c2ccc3c(c2)Oc2cc4ccccc4cc2O3)=C1.C=CCc1ccccc1. The van der Waals surface area contributed by atoms with Gasteiger partial charge in [0.05, 0.1) is 0 Å². The molecule has 1 N–H and O–H groups in total. The first-order chi connectivity index (χ1) is 23.2. The van der Waals surface area contributed by atoms with Crippen LogP contribution in [0.2, 0.25) is 0 Å². The van der Waals surface area contributed by atoms with Gasteiger partial charge in [0, 0.05) is 22.9 Å². The molecular weight excluding hydrogens is 574 g/mol. The topological polar surface area (TPSA) is 30.5 Å². The number of para-hydroxylation sites is 1. The molecule has 1 heterocycles. The Morgan fingerprint density at radius 1 is 0.617 bits per heavy atom. The zero-order valence-electron chi connectivity index (χ0n) is 26.1.